The molecule has 2 aliphatic heterocycles. The fourth-order valence-electron chi connectivity index (χ4n) is 4.17. The minimum absolute atomic E-state index is 0.0595. The van der Waals surface area contributed by atoms with Crippen LogP contribution in [0.1, 0.15) is 41.1 Å². The number of fused-ring (bicyclic) bond motifs is 1. The van der Waals surface area contributed by atoms with E-state index in [-0.39, 0.29) is 37.4 Å². The van der Waals surface area contributed by atoms with E-state index >= 15 is 0 Å². The highest BCUT2D eigenvalue weighted by atomic mass is 19.4. The van der Waals surface area contributed by atoms with Crippen molar-refractivity contribution in [2.45, 2.75) is 36.8 Å². The minimum Gasteiger partial charge on any atom is -0.396 e. The summed E-state index contributed by atoms with van der Waals surface area (Å²) in [6, 6.07) is 9.23. The van der Waals surface area contributed by atoms with Gasteiger partial charge in [0.1, 0.15) is 12.5 Å². The maximum atomic E-state index is 13.2. The van der Waals surface area contributed by atoms with Crippen LogP contribution in [0.2, 0.25) is 0 Å². The molecule has 2 fully saturated rings. The van der Waals surface area contributed by atoms with Crippen LogP contribution in [0, 0.1) is 0 Å². The first-order valence-electron chi connectivity index (χ1n) is 9.52. The second-order valence-corrected chi connectivity index (χ2v) is 7.68. The highest BCUT2D eigenvalue weighted by Crippen LogP contribution is 2.51. The van der Waals surface area contributed by atoms with Gasteiger partial charge in [0.2, 0.25) is 0 Å². The molecule has 2 aliphatic rings. The standard InChI is InChI=1S/C21H19F6NO3/c22-20(23,24)15-5-1-3-13(9-15)17-28-18(31-12-19(28,7-8-29)11-30-17)14-4-2-6-16(10-14)21(25,26)27/h1-6,9-10,17-18,29H,7-8,11-12H2/t17-,18+,19-. The van der Waals surface area contributed by atoms with Gasteiger partial charge in [-0.15, -0.1) is 0 Å². The van der Waals surface area contributed by atoms with Crippen LogP contribution < -0.4 is 0 Å². The molecular formula is C21H19F6NO3. The van der Waals surface area contributed by atoms with Gasteiger partial charge >= 0.3 is 12.4 Å². The molecule has 3 atom stereocenters. The Hall–Kier alpha value is -2.14. The maximum Gasteiger partial charge on any atom is 0.416 e. The Bertz CT molecular complexity index is 876. The molecule has 168 valence electrons. The van der Waals surface area contributed by atoms with E-state index in [0.29, 0.717) is 0 Å². The number of benzene rings is 2. The van der Waals surface area contributed by atoms with Crippen LogP contribution in [0.3, 0.4) is 0 Å². The summed E-state index contributed by atoms with van der Waals surface area (Å²) in [5.41, 5.74) is -2.17. The zero-order valence-corrected chi connectivity index (χ0v) is 16.1. The van der Waals surface area contributed by atoms with Crippen molar-refractivity contribution in [3.8, 4) is 0 Å². The number of hydrogen-bond donors (Lipinski definition) is 1. The Labute approximate surface area is 174 Å². The lowest BCUT2D eigenvalue weighted by molar-refractivity contribution is -0.138. The maximum absolute atomic E-state index is 13.2. The van der Waals surface area contributed by atoms with Crippen LogP contribution in [0.25, 0.3) is 0 Å². The van der Waals surface area contributed by atoms with Gasteiger partial charge in [-0.1, -0.05) is 24.3 Å². The molecule has 4 rings (SSSR count). The van der Waals surface area contributed by atoms with Crippen molar-refractivity contribution in [3.05, 3.63) is 70.8 Å². The molecule has 0 amide bonds. The average Bonchev–Trinajstić information content (AvgIpc) is 3.24. The van der Waals surface area contributed by atoms with E-state index < -0.39 is 41.5 Å². The van der Waals surface area contributed by atoms with E-state index in [2.05, 4.69) is 0 Å². The predicted molar refractivity (Wildman–Crippen MR) is 96.5 cm³/mol. The van der Waals surface area contributed by atoms with Gasteiger partial charge in [-0.2, -0.15) is 26.3 Å². The Morgan fingerprint density at radius 1 is 0.839 bits per heavy atom. The summed E-state index contributed by atoms with van der Waals surface area (Å²) in [4.78, 5) is 1.63. The van der Waals surface area contributed by atoms with Crippen molar-refractivity contribution in [3.63, 3.8) is 0 Å². The summed E-state index contributed by atoms with van der Waals surface area (Å²) in [5, 5.41) is 9.55. The third kappa shape index (κ3) is 4.05. The molecule has 2 heterocycles. The number of nitrogens with zero attached hydrogens (tertiary/aromatic N) is 1. The summed E-state index contributed by atoms with van der Waals surface area (Å²) in [7, 11) is 0. The van der Waals surface area contributed by atoms with Crippen LogP contribution in [-0.2, 0) is 21.8 Å². The molecule has 0 aliphatic carbocycles. The van der Waals surface area contributed by atoms with Crippen molar-refractivity contribution < 1.29 is 40.9 Å². The van der Waals surface area contributed by atoms with E-state index in [1.165, 1.54) is 24.3 Å². The summed E-state index contributed by atoms with van der Waals surface area (Å²) in [5.74, 6) is 0. The molecule has 2 aromatic rings. The molecular weight excluding hydrogens is 428 g/mol. The van der Waals surface area contributed by atoms with Crippen LogP contribution >= 0.6 is 0 Å². The Balaban J connectivity index is 1.75. The number of ether oxygens (including phenoxy) is 2. The first-order chi connectivity index (χ1) is 14.5. The van der Waals surface area contributed by atoms with E-state index in [1.54, 1.807) is 4.90 Å². The summed E-state index contributed by atoms with van der Waals surface area (Å²) in [6.45, 7) is -0.123. The molecule has 0 unspecified atom stereocenters. The molecule has 0 aromatic heterocycles. The Kier molecular flexibility index (Phi) is 5.53. The van der Waals surface area contributed by atoms with E-state index in [0.717, 1.165) is 24.3 Å². The molecule has 10 heteroatoms. The molecule has 0 spiro atoms. The van der Waals surface area contributed by atoms with Crippen LogP contribution in [-0.4, -0.2) is 35.4 Å². The van der Waals surface area contributed by atoms with Gasteiger partial charge < -0.3 is 14.6 Å². The molecule has 4 nitrogen and oxygen atoms in total. The second kappa shape index (κ2) is 7.77. The molecule has 2 aromatic carbocycles. The van der Waals surface area contributed by atoms with Gasteiger partial charge in [-0.05, 0) is 41.8 Å². The van der Waals surface area contributed by atoms with Gasteiger partial charge in [0.15, 0.2) is 0 Å². The van der Waals surface area contributed by atoms with Gasteiger partial charge in [-0.3, -0.25) is 0 Å². The topological polar surface area (TPSA) is 41.9 Å². The summed E-state index contributed by atoms with van der Waals surface area (Å²) in [6.07, 6.45) is -10.9. The quantitative estimate of drug-likeness (QED) is 0.677. The number of hydrogen-bond acceptors (Lipinski definition) is 4. The highest BCUT2D eigenvalue weighted by molar-refractivity contribution is 5.32. The summed E-state index contributed by atoms with van der Waals surface area (Å²) < 4.78 is 90.8. The zero-order chi connectivity index (χ0) is 22.4. The molecule has 0 bridgehead atoms. The number of alkyl halides is 6. The molecule has 0 saturated carbocycles. The third-order valence-electron chi connectivity index (χ3n) is 5.65. The fraction of sp³-hybridized carbons (Fsp3) is 0.429. The first kappa shape index (κ1) is 22.1. The van der Waals surface area contributed by atoms with E-state index in [4.69, 9.17) is 9.47 Å². The number of aliphatic hydroxyl groups is 1. The highest BCUT2D eigenvalue weighted by Gasteiger charge is 2.56. The average molecular weight is 447 g/mol. The fourth-order valence-corrected chi connectivity index (χ4v) is 4.17. The monoisotopic (exact) mass is 447 g/mol. The second-order valence-electron chi connectivity index (χ2n) is 7.68. The first-order valence-corrected chi connectivity index (χ1v) is 9.52. The lowest BCUT2D eigenvalue weighted by Crippen LogP contribution is -2.45. The lowest BCUT2D eigenvalue weighted by Gasteiger charge is -2.34. The normalized spacial score (nSPS) is 26.9. The van der Waals surface area contributed by atoms with E-state index in [9.17, 15) is 31.4 Å². The van der Waals surface area contributed by atoms with Crippen LogP contribution in [0.15, 0.2) is 48.5 Å². The Morgan fingerprint density at radius 3 is 1.68 bits per heavy atom. The number of halogens is 6. The van der Waals surface area contributed by atoms with Crippen molar-refractivity contribution in [2.75, 3.05) is 19.8 Å². The van der Waals surface area contributed by atoms with Crippen LogP contribution in [0.5, 0.6) is 0 Å². The summed E-state index contributed by atoms with van der Waals surface area (Å²) >= 11 is 0. The van der Waals surface area contributed by atoms with Crippen molar-refractivity contribution in [1.82, 2.24) is 4.90 Å². The van der Waals surface area contributed by atoms with Gasteiger partial charge in [0.25, 0.3) is 0 Å². The largest absolute Gasteiger partial charge is 0.416 e. The van der Waals surface area contributed by atoms with Crippen LogP contribution in [0.4, 0.5) is 26.3 Å². The molecule has 2 saturated heterocycles. The molecule has 1 N–H and O–H groups in total. The number of rotatable bonds is 4. The zero-order valence-electron chi connectivity index (χ0n) is 16.1. The van der Waals surface area contributed by atoms with E-state index in [1.807, 2.05) is 0 Å². The SMILES string of the molecule is OCC[C@]12CO[C@H](c3cccc(C(F)(F)F)c3)N1[C@H](c1cccc(C(F)(F)F)c1)OC2. The predicted octanol–water partition coefficient (Wildman–Crippen LogP) is 4.91. The Morgan fingerprint density at radius 2 is 1.29 bits per heavy atom. The molecule has 31 heavy (non-hydrogen) atoms. The minimum atomic E-state index is -4.56. The third-order valence-corrected chi connectivity index (χ3v) is 5.65. The number of aliphatic hydroxyl groups excluding tert-OH is 1. The molecule has 0 radical (unpaired) electrons. The van der Waals surface area contributed by atoms with Crippen molar-refractivity contribution >= 4 is 0 Å². The van der Waals surface area contributed by atoms with Gasteiger partial charge in [-0.25, -0.2) is 4.90 Å². The van der Waals surface area contributed by atoms with Gasteiger partial charge in [0, 0.05) is 6.61 Å². The smallest absolute Gasteiger partial charge is 0.396 e. The van der Waals surface area contributed by atoms with Gasteiger partial charge in [0.05, 0.1) is 29.9 Å². The van der Waals surface area contributed by atoms with Crippen molar-refractivity contribution in [2.24, 2.45) is 0 Å². The lowest BCUT2D eigenvalue weighted by atomic mass is 9.95. The van der Waals surface area contributed by atoms with Crippen molar-refractivity contribution in [1.29, 1.82) is 0 Å².